The molecule has 0 radical (unpaired) electrons. The molecule has 0 unspecified atom stereocenters. The summed E-state index contributed by atoms with van der Waals surface area (Å²) in [4.78, 5) is 13.8. The lowest BCUT2D eigenvalue weighted by molar-refractivity contribution is -0.286. The largest absolute Gasteiger partial charge is 0.586 e. The Morgan fingerprint density at radius 2 is 1.92 bits per heavy atom. The van der Waals surface area contributed by atoms with Crippen LogP contribution in [0.4, 0.5) is 13.2 Å². The Kier molecular flexibility index (Phi) is 4.14. The summed E-state index contributed by atoms with van der Waals surface area (Å²) in [6.45, 7) is 0.749. The van der Waals surface area contributed by atoms with E-state index in [0.29, 0.717) is 0 Å². The SMILES string of the molecule is [2H]C([2H])(O)[C@H](O)Cn1c(C(C)(C)C([2H])([2H])C)cc2cc(CC(=O)C3(c4ccc5c(c4)OC(F)(F)O5)C([2H])([2H])C3([2H])[2H])c(F)cc21. The summed E-state index contributed by atoms with van der Waals surface area (Å²) >= 11 is 0. The van der Waals surface area contributed by atoms with Gasteiger partial charge in [-0.05, 0) is 60.6 Å². The van der Waals surface area contributed by atoms with Crippen LogP contribution in [-0.2, 0) is 28.6 Å². The number of fused-ring (bicyclic) bond motifs is 2. The molecular formula is C28H30F3NO5. The molecule has 2 heterocycles. The molecule has 1 aromatic heterocycles. The first-order chi connectivity index (χ1) is 20.3. The van der Waals surface area contributed by atoms with Crippen LogP contribution in [0, 0.1) is 5.82 Å². The van der Waals surface area contributed by atoms with Crippen LogP contribution in [0.3, 0.4) is 0 Å². The second kappa shape index (κ2) is 8.77. The van der Waals surface area contributed by atoms with E-state index in [1.54, 1.807) is 13.8 Å². The van der Waals surface area contributed by atoms with Gasteiger partial charge in [0, 0.05) is 31.1 Å². The van der Waals surface area contributed by atoms with Gasteiger partial charge in [0.05, 0.1) is 32.9 Å². The summed E-state index contributed by atoms with van der Waals surface area (Å²) in [5.74, 6) is -3.01. The van der Waals surface area contributed by atoms with E-state index >= 15 is 4.39 Å². The Labute approximate surface area is 223 Å². The summed E-state index contributed by atoms with van der Waals surface area (Å²) in [6, 6.07) is 6.63. The monoisotopic (exact) mass is 525 g/mol. The van der Waals surface area contributed by atoms with Gasteiger partial charge in [0.15, 0.2) is 11.5 Å². The number of ether oxygens (including phenoxy) is 2. The molecule has 1 atom stereocenters. The van der Waals surface area contributed by atoms with Crippen molar-refractivity contribution < 1.29 is 48.6 Å². The van der Waals surface area contributed by atoms with E-state index in [2.05, 4.69) is 9.47 Å². The number of alkyl halides is 2. The molecule has 1 fully saturated rings. The van der Waals surface area contributed by atoms with Gasteiger partial charge in [-0.2, -0.15) is 0 Å². The van der Waals surface area contributed by atoms with Crippen LogP contribution in [0.5, 0.6) is 11.5 Å². The zero-order chi connectivity index (χ0) is 33.9. The first-order valence-corrected chi connectivity index (χ1v) is 11.5. The number of aromatic nitrogens is 1. The summed E-state index contributed by atoms with van der Waals surface area (Å²) in [5, 5.41) is 20.3. The van der Waals surface area contributed by atoms with Crippen LogP contribution in [0.25, 0.3) is 10.9 Å². The van der Waals surface area contributed by atoms with E-state index < -0.39 is 85.0 Å². The van der Waals surface area contributed by atoms with Crippen molar-refractivity contribution >= 4 is 16.7 Å². The van der Waals surface area contributed by atoms with Gasteiger partial charge < -0.3 is 24.3 Å². The van der Waals surface area contributed by atoms with Crippen LogP contribution >= 0.6 is 0 Å². The molecule has 0 spiro atoms. The van der Waals surface area contributed by atoms with Crippen LogP contribution in [0.15, 0.2) is 36.4 Å². The molecule has 0 saturated heterocycles. The van der Waals surface area contributed by atoms with Crippen molar-refractivity contribution in [3.63, 3.8) is 0 Å². The van der Waals surface area contributed by atoms with Gasteiger partial charge in [-0.3, -0.25) is 4.79 Å². The molecule has 5 rings (SSSR count). The van der Waals surface area contributed by atoms with Gasteiger partial charge in [0.2, 0.25) is 0 Å². The van der Waals surface area contributed by atoms with Crippen molar-refractivity contribution in [2.24, 2.45) is 0 Å². The van der Waals surface area contributed by atoms with Gasteiger partial charge in [0.25, 0.3) is 0 Å². The van der Waals surface area contributed by atoms with Crippen molar-refractivity contribution in [3.05, 3.63) is 59.0 Å². The first kappa shape index (κ1) is 17.5. The summed E-state index contributed by atoms with van der Waals surface area (Å²) in [5.41, 5.74) is -4.14. The molecule has 2 aliphatic rings. The molecule has 1 saturated carbocycles. The molecule has 2 N–H and O–H groups in total. The molecule has 2 aromatic carbocycles. The van der Waals surface area contributed by atoms with E-state index in [9.17, 15) is 23.8 Å². The number of aliphatic hydroxyl groups excluding tert-OH is 1. The van der Waals surface area contributed by atoms with Gasteiger partial charge in [-0.15, -0.1) is 8.78 Å². The summed E-state index contributed by atoms with van der Waals surface area (Å²) in [7, 11) is 0. The standard InChI is InChI=1S/C28H30F3NO5/c1-4-26(2,3)24-10-17-9-16(20(29)13-21(17)32(24)14-19(34)15-33)11-25(35)27(7-8-27)18-5-6-22-23(12-18)37-28(30,31)36-22/h5-6,9-10,12-13,19,33-34H,4,7-8,11,14-15H2,1-3H3/t19-/m1/s1/i4D2,7D2,8D2,15D2. The van der Waals surface area contributed by atoms with Crippen molar-refractivity contribution in [1.29, 1.82) is 0 Å². The maximum absolute atomic E-state index is 15.7. The van der Waals surface area contributed by atoms with E-state index in [4.69, 9.17) is 11.0 Å². The Balaban J connectivity index is 1.59. The number of Topliss-reactive ketones (excluding diaryl/α,β-unsaturated/α-hetero) is 1. The van der Waals surface area contributed by atoms with Gasteiger partial charge in [-0.25, -0.2) is 4.39 Å². The number of nitrogens with zero attached hydrogens (tertiary/aromatic N) is 1. The lowest BCUT2D eigenvalue weighted by atomic mass is 9.86. The minimum atomic E-state index is -4.02. The van der Waals surface area contributed by atoms with E-state index in [1.807, 2.05) is 0 Å². The minimum absolute atomic E-state index is 0.0721. The highest BCUT2D eigenvalue weighted by atomic mass is 19.3. The summed E-state index contributed by atoms with van der Waals surface area (Å²) < 4.78 is 118. The fourth-order valence-electron chi connectivity index (χ4n) is 4.52. The average Bonchev–Trinajstić information content (AvgIpc) is 3.16. The minimum Gasteiger partial charge on any atom is -0.395 e. The quantitative estimate of drug-likeness (QED) is 0.412. The highest BCUT2D eigenvalue weighted by molar-refractivity contribution is 5.95. The Morgan fingerprint density at radius 1 is 1.22 bits per heavy atom. The molecule has 9 heteroatoms. The number of benzene rings is 2. The lowest BCUT2D eigenvalue weighted by Gasteiger charge is -2.26. The Hall–Kier alpha value is -3.04. The van der Waals surface area contributed by atoms with Crippen molar-refractivity contribution in [2.45, 2.75) is 76.1 Å². The number of ketones is 1. The molecule has 198 valence electrons. The van der Waals surface area contributed by atoms with E-state index in [0.717, 1.165) is 24.3 Å². The maximum Gasteiger partial charge on any atom is 0.586 e. The van der Waals surface area contributed by atoms with Crippen molar-refractivity contribution in [3.8, 4) is 11.5 Å². The third kappa shape index (κ3) is 4.48. The second-order valence-electron chi connectivity index (χ2n) is 9.59. The highest BCUT2D eigenvalue weighted by Gasteiger charge is 2.52. The number of hydrogen-bond acceptors (Lipinski definition) is 5. The number of halogens is 3. The fourth-order valence-corrected chi connectivity index (χ4v) is 4.52. The normalized spacial score (nSPS) is 25.0. The zero-order valence-electron chi connectivity index (χ0n) is 28.2. The molecule has 0 amide bonds. The van der Waals surface area contributed by atoms with Crippen LogP contribution in [0.1, 0.15) is 67.7 Å². The Bertz CT molecular complexity index is 1700. The molecule has 37 heavy (non-hydrogen) atoms. The summed E-state index contributed by atoms with van der Waals surface area (Å²) in [6.07, 6.45) is -14.4. The van der Waals surface area contributed by atoms with E-state index in [-0.39, 0.29) is 27.7 Å². The number of carbonyl (C=O) groups is 1. The number of carbonyl (C=O) groups excluding carboxylic acids is 1. The van der Waals surface area contributed by atoms with Crippen LogP contribution < -0.4 is 9.47 Å². The lowest BCUT2D eigenvalue weighted by Crippen LogP contribution is -2.26. The Morgan fingerprint density at radius 3 is 2.57 bits per heavy atom. The smallest absolute Gasteiger partial charge is 0.395 e. The van der Waals surface area contributed by atoms with E-state index in [1.165, 1.54) is 23.6 Å². The third-order valence-electron chi connectivity index (χ3n) is 6.82. The maximum atomic E-state index is 15.7. The zero-order valence-corrected chi connectivity index (χ0v) is 20.2. The number of hydrogen-bond donors (Lipinski definition) is 2. The molecular weight excluding hydrogens is 487 g/mol. The van der Waals surface area contributed by atoms with Gasteiger partial charge in [0.1, 0.15) is 11.6 Å². The third-order valence-corrected chi connectivity index (χ3v) is 6.82. The predicted molar refractivity (Wildman–Crippen MR) is 131 cm³/mol. The van der Waals surface area contributed by atoms with Gasteiger partial charge in [-0.1, -0.05) is 26.8 Å². The fraction of sp³-hybridized carbons (Fsp3) is 0.464. The molecule has 1 aliphatic carbocycles. The average molecular weight is 526 g/mol. The molecule has 1 aliphatic heterocycles. The molecule has 6 nitrogen and oxygen atoms in total. The molecule has 0 bridgehead atoms. The topological polar surface area (TPSA) is 80.9 Å². The van der Waals surface area contributed by atoms with Crippen molar-refractivity contribution in [1.82, 2.24) is 4.57 Å². The van der Waals surface area contributed by atoms with Crippen LogP contribution in [-0.4, -0.2) is 39.5 Å². The second-order valence-corrected chi connectivity index (χ2v) is 9.59. The van der Waals surface area contributed by atoms with Crippen molar-refractivity contribution in [2.75, 3.05) is 6.56 Å². The van der Waals surface area contributed by atoms with Gasteiger partial charge >= 0.3 is 6.29 Å². The number of rotatable bonds is 9. The molecule has 3 aromatic rings. The predicted octanol–water partition coefficient (Wildman–Crippen LogP) is 4.99. The number of aliphatic hydroxyl groups is 2. The first-order valence-electron chi connectivity index (χ1n) is 15.5. The highest BCUT2D eigenvalue weighted by Crippen LogP contribution is 2.52. The van der Waals surface area contributed by atoms with Crippen LogP contribution in [0.2, 0.25) is 0 Å².